The summed E-state index contributed by atoms with van der Waals surface area (Å²) in [5.41, 5.74) is 2.92. The first kappa shape index (κ1) is 16.7. The largest absolute Gasteiger partial charge is 0.497 e. The third kappa shape index (κ3) is 3.20. The monoisotopic (exact) mass is 353 g/mol. The van der Waals surface area contributed by atoms with Gasteiger partial charge in [-0.15, -0.1) is 0 Å². The average Bonchev–Trinajstić information content (AvgIpc) is 2.70. The fourth-order valence-corrected chi connectivity index (χ4v) is 3.50. The number of methoxy groups -OCH3 is 1. The summed E-state index contributed by atoms with van der Waals surface area (Å²) in [5.74, 6) is 1.56. The molecule has 1 fully saturated rings. The van der Waals surface area contributed by atoms with Crippen molar-refractivity contribution < 1.29 is 14.3 Å². The lowest BCUT2D eigenvalue weighted by atomic mass is 10.1. The fraction of sp³-hybridized carbons (Fsp3) is 0.350. The maximum absolute atomic E-state index is 12.5. The van der Waals surface area contributed by atoms with Crippen molar-refractivity contribution in [1.29, 1.82) is 0 Å². The van der Waals surface area contributed by atoms with Gasteiger partial charge in [0.2, 0.25) is 0 Å². The van der Waals surface area contributed by atoms with E-state index in [4.69, 9.17) is 9.47 Å². The molecular weight excluding hydrogens is 330 g/mol. The summed E-state index contributed by atoms with van der Waals surface area (Å²) < 4.78 is 11.2. The van der Waals surface area contributed by atoms with Gasteiger partial charge in [-0.3, -0.25) is 4.79 Å². The number of nitrogens with zero attached hydrogens (tertiary/aromatic N) is 2. The molecule has 0 aromatic heterocycles. The van der Waals surface area contributed by atoms with Crippen LogP contribution in [0.3, 0.4) is 0 Å². The van der Waals surface area contributed by atoms with Crippen molar-refractivity contribution in [2.45, 2.75) is 6.54 Å². The molecule has 1 amide bonds. The Morgan fingerprint density at radius 2 is 1.88 bits per heavy atom. The normalized spacial score (nSPS) is 16.9. The zero-order valence-electron chi connectivity index (χ0n) is 14.9. The lowest BCUT2D eigenvalue weighted by molar-refractivity contribution is -0.121. The van der Waals surface area contributed by atoms with Crippen LogP contribution in [0, 0.1) is 0 Å². The van der Waals surface area contributed by atoms with Gasteiger partial charge in [0.15, 0.2) is 12.4 Å². The maximum atomic E-state index is 12.5. The van der Waals surface area contributed by atoms with Crippen LogP contribution in [0.2, 0.25) is 0 Å². The number of amides is 1. The van der Waals surface area contributed by atoms with E-state index in [0.717, 1.165) is 54.6 Å². The third-order valence-electron chi connectivity index (χ3n) is 4.84. The molecule has 0 aliphatic carbocycles. The van der Waals surface area contributed by atoms with Gasteiger partial charge < -0.3 is 24.6 Å². The van der Waals surface area contributed by atoms with Crippen LogP contribution >= 0.6 is 0 Å². The number of para-hydroxylation sites is 1. The minimum atomic E-state index is -0.0298. The van der Waals surface area contributed by atoms with Crippen molar-refractivity contribution >= 4 is 17.3 Å². The van der Waals surface area contributed by atoms with Crippen LogP contribution in [0.5, 0.6) is 11.5 Å². The minimum Gasteiger partial charge on any atom is -0.497 e. The van der Waals surface area contributed by atoms with E-state index < -0.39 is 0 Å². The van der Waals surface area contributed by atoms with Crippen LogP contribution in [-0.4, -0.2) is 45.8 Å². The maximum Gasteiger partial charge on any atom is 0.265 e. The minimum absolute atomic E-state index is 0.0298. The molecule has 6 nitrogen and oxygen atoms in total. The molecule has 0 spiro atoms. The second-order valence-corrected chi connectivity index (χ2v) is 6.48. The summed E-state index contributed by atoms with van der Waals surface area (Å²) in [4.78, 5) is 16.7. The Morgan fingerprint density at radius 3 is 2.69 bits per heavy atom. The van der Waals surface area contributed by atoms with Gasteiger partial charge in [0.05, 0.1) is 25.0 Å². The summed E-state index contributed by atoms with van der Waals surface area (Å²) >= 11 is 0. The van der Waals surface area contributed by atoms with Crippen LogP contribution in [-0.2, 0) is 11.3 Å². The van der Waals surface area contributed by atoms with Crippen molar-refractivity contribution in [3.63, 3.8) is 0 Å². The van der Waals surface area contributed by atoms with E-state index in [-0.39, 0.29) is 12.5 Å². The number of benzene rings is 2. The molecule has 0 atom stereocenters. The predicted molar refractivity (Wildman–Crippen MR) is 101 cm³/mol. The molecule has 0 radical (unpaired) electrons. The van der Waals surface area contributed by atoms with E-state index in [1.54, 1.807) is 12.0 Å². The van der Waals surface area contributed by atoms with Crippen molar-refractivity contribution in [3.8, 4) is 11.5 Å². The molecule has 1 saturated heterocycles. The first-order valence-corrected chi connectivity index (χ1v) is 8.91. The van der Waals surface area contributed by atoms with E-state index in [9.17, 15) is 4.79 Å². The zero-order valence-corrected chi connectivity index (χ0v) is 14.9. The van der Waals surface area contributed by atoms with Gasteiger partial charge in [-0.25, -0.2) is 0 Å². The molecule has 4 rings (SSSR count). The number of hydrogen-bond donors (Lipinski definition) is 1. The summed E-state index contributed by atoms with van der Waals surface area (Å²) in [6.07, 6.45) is 0. The molecule has 0 saturated carbocycles. The van der Waals surface area contributed by atoms with Crippen molar-refractivity contribution in [3.05, 3.63) is 48.0 Å². The van der Waals surface area contributed by atoms with Gasteiger partial charge in [0.25, 0.3) is 5.91 Å². The Labute approximate surface area is 153 Å². The van der Waals surface area contributed by atoms with Gasteiger partial charge in [-0.2, -0.15) is 0 Å². The highest BCUT2D eigenvalue weighted by Gasteiger charge is 2.29. The van der Waals surface area contributed by atoms with Crippen molar-refractivity contribution in [2.24, 2.45) is 0 Å². The summed E-state index contributed by atoms with van der Waals surface area (Å²) in [7, 11) is 1.65. The van der Waals surface area contributed by atoms with Crippen LogP contribution in [0.25, 0.3) is 0 Å². The lowest BCUT2D eigenvalue weighted by Gasteiger charge is -2.35. The molecule has 1 N–H and O–H groups in total. The standard InChI is InChI=1S/C20H23N3O3/c1-25-16-5-2-4-15(12-16)13-23-18-7-3-6-17(20(18)26-14-19(23)24)22-10-8-21-9-11-22/h2-7,12,21H,8-11,13-14H2,1H3. The van der Waals surface area contributed by atoms with Crippen LogP contribution < -0.4 is 24.6 Å². The molecule has 2 aliphatic heterocycles. The molecule has 2 aromatic rings. The molecule has 136 valence electrons. The summed E-state index contributed by atoms with van der Waals surface area (Å²) in [6, 6.07) is 13.8. The number of piperazine rings is 1. The molecular formula is C20H23N3O3. The highest BCUT2D eigenvalue weighted by molar-refractivity contribution is 5.99. The molecule has 26 heavy (non-hydrogen) atoms. The first-order valence-electron chi connectivity index (χ1n) is 8.91. The number of carbonyl (C=O) groups is 1. The van der Waals surface area contributed by atoms with E-state index in [1.807, 2.05) is 36.4 Å². The molecule has 2 heterocycles. The van der Waals surface area contributed by atoms with Crippen molar-refractivity contribution in [2.75, 3.05) is 49.7 Å². The van der Waals surface area contributed by atoms with Gasteiger partial charge in [0, 0.05) is 26.2 Å². The number of ether oxygens (including phenoxy) is 2. The van der Waals surface area contributed by atoms with Gasteiger partial charge in [0.1, 0.15) is 5.75 Å². The lowest BCUT2D eigenvalue weighted by Crippen LogP contribution is -2.44. The quantitative estimate of drug-likeness (QED) is 0.912. The Bertz CT molecular complexity index is 803. The van der Waals surface area contributed by atoms with Crippen LogP contribution in [0.4, 0.5) is 11.4 Å². The average molecular weight is 353 g/mol. The Kier molecular flexibility index (Phi) is 4.67. The molecule has 6 heteroatoms. The van der Waals surface area contributed by atoms with Crippen molar-refractivity contribution in [1.82, 2.24) is 5.32 Å². The third-order valence-corrected chi connectivity index (χ3v) is 4.84. The first-order chi connectivity index (χ1) is 12.8. The van der Waals surface area contributed by atoms with Crippen LogP contribution in [0.15, 0.2) is 42.5 Å². The number of nitrogens with one attached hydrogen (secondary N) is 1. The Morgan fingerprint density at radius 1 is 1.12 bits per heavy atom. The topological polar surface area (TPSA) is 54.0 Å². The molecule has 2 aliphatic rings. The summed E-state index contributed by atoms with van der Waals surface area (Å²) in [5, 5.41) is 3.36. The SMILES string of the molecule is COc1cccc(CN2C(=O)COc3c(N4CCNCC4)cccc32)c1. The number of rotatable bonds is 4. The van der Waals surface area contributed by atoms with E-state index in [2.05, 4.69) is 16.3 Å². The highest BCUT2D eigenvalue weighted by Crippen LogP contribution is 2.41. The Hall–Kier alpha value is -2.73. The molecule has 0 unspecified atom stereocenters. The predicted octanol–water partition coefficient (Wildman–Crippen LogP) is 2.03. The highest BCUT2D eigenvalue weighted by atomic mass is 16.5. The number of anilines is 2. The second-order valence-electron chi connectivity index (χ2n) is 6.48. The van der Waals surface area contributed by atoms with Gasteiger partial charge >= 0.3 is 0 Å². The Balaban J connectivity index is 1.66. The smallest absolute Gasteiger partial charge is 0.265 e. The number of carbonyl (C=O) groups excluding carboxylic acids is 1. The van der Waals surface area contributed by atoms with Gasteiger partial charge in [-0.05, 0) is 29.8 Å². The zero-order chi connectivity index (χ0) is 17.9. The van der Waals surface area contributed by atoms with E-state index >= 15 is 0 Å². The van der Waals surface area contributed by atoms with Gasteiger partial charge in [-0.1, -0.05) is 18.2 Å². The number of hydrogen-bond acceptors (Lipinski definition) is 5. The van der Waals surface area contributed by atoms with E-state index in [0.29, 0.717) is 6.54 Å². The van der Waals surface area contributed by atoms with E-state index in [1.165, 1.54) is 0 Å². The molecule has 0 bridgehead atoms. The number of fused-ring (bicyclic) bond motifs is 1. The summed E-state index contributed by atoms with van der Waals surface area (Å²) in [6.45, 7) is 4.34. The fourth-order valence-electron chi connectivity index (χ4n) is 3.50. The second kappa shape index (κ2) is 7.25. The molecule has 2 aromatic carbocycles. The van der Waals surface area contributed by atoms with Crippen LogP contribution in [0.1, 0.15) is 5.56 Å².